The first-order valence-electron chi connectivity index (χ1n) is 8.46. The minimum absolute atomic E-state index is 0.245. The van der Waals surface area contributed by atoms with Gasteiger partial charge in [0.05, 0.1) is 5.69 Å². The van der Waals surface area contributed by atoms with Crippen LogP contribution in [-0.4, -0.2) is 10.1 Å². The molecule has 5 rings (SSSR count). The second kappa shape index (κ2) is 5.74. The number of pyridine rings is 1. The summed E-state index contributed by atoms with van der Waals surface area (Å²) in [6, 6.07) is 25.4. The van der Waals surface area contributed by atoms with E-state index in [-0.39, 0.29) is 5.75 Å². The summed E-state index contributed by atoms with van der Waals surface area (Å²) in [5.41, 5.74) is 5.25. The van der Waals surface area contributed by atoms with Crippen molar-refractivity contribution in [3.63, 3.8) is 0 Å². The smallest absolute Gasteiger partial charge is 0.136 e. The van der Waals surface area contributed by atoms with E-state index in [9.17, 15) is 5.11 Å². The Morgan fingerprint density at radius 1 is 0.692 bits per heavy atom. The molecule has 2 aromatic heterocycles. The highest BCUT2D eigenvalue weighted by molar-refractivity contribution is 6.06. The highest BCUT2D eigenvalue weighted by atomic mass is 16.3. The number of nitrogens with zero attached hydrogens (tertiary/aromatic N) is 1. The third-order valence-electron chi connectivity index (χ3n) is 4.65. The molecule has 0 aliphatic carbocycles. The molecule has 26 heavy (non-hydrogen) atoms. The van der Waals surface area contributed by atoms with E-state index < -0.39 is 0 Å². The van der Waals surface area contributed by atoms with E-state index in [1.165, 1.54) is 0 Å². The quantitative estimate of drug-likeness (QED) is 0.428. The molecule has 0 bridgehead atoms. The van der Waals surface area contributed by atoms with Crippen LogP contribution in [0.3, 0.4) is 0 Å². The first kappa shape index (κ1) is 14.7. The average molecular weight is 337 g/mol. The molecule has 3 nitrogen and oxygen atoms in total. The summed E-state index contributed by atoms with van der Waals surface area (Å²) < 4.78 is 5.94. The number of benzene rings is 3. The fourth-order valence-electron chi connectivity index (χ4n) is 3.35. The van der Waals surface area contributed by atoms with Crippen molar-refractivity contribution >= 4 is 21.9 Å². The first-order chi connectivity index (χ1) is 12.8. The molecular formula is C23H15NO2. The number of para-hydroxylation sites is 1. The lowest BCUT2D eigenvalue weighted by Crippen LogP contribution is -1.83. The number of fused-ring (bicyclic) bond motifs is 3. The Labute approximate surface area is 150 Å². The van der Waals surface area contributed by atoms with Gasteiger partial charge in [0.1, 0.15) is 16.9 Å². The zero-order chi connectivity index (χ0) is 17.5. The van der Waals surface area contributed by atoms with Gasteiger partial charge in [0.15, 0.2) is 0 Å². The summed E-state index contributed by atoms with van der Waals surface area (Å²) in [7, 11) is 0. The first-order valence-corrected chi connectivity index (χ1v) is 8.46. The number of aromatic hydroxyl groups is 1. The summed E-state index contributed by atoms with van der Waals surface area (Å²) >= 11 is 0. The van der Waals surface area contributed by atoms with Crippen molar-refractivity contribution in [2.75, 3.05) is 0 Å². The molecule has 0 spiro atoms. The zero-order valence-electron chi connectivity index (χ0n) is 13.9. The Morgan fingerprint density at radius 2 is 1.46 bits per heavy atom. The van der Waals surface area contributed by atoms with Crippen LogP contribution in [0.15, 0.2) is 89.5 Å². The second-order valence-corrected chi connectivity index (χ2v) is 6.26. The fraction of sp³-hybridized carbons (Fsp3) is 0. The van der Waals surface area contributed by atoms with Crippen LogP contribution >= 0.6 is 0 Å². The lowest BCUT2D eigenvalue weighted by molar-refractivity contribution is 0.478. The van der Waals surface area contributed by atoms with E-state index in [0.717, 1.165) is 44.3 Å². The molecule has 0 unspecified atom stereocenters. The Kier molecular flexibility index (Phi) is 3.25. The van der Waals surface area contributed by atoms with Gasteiger partial charge in [0.2, 0.25) is 0 Å². The molecule has 0 atom stereocenters. The Balaban J connectivity index is 1.62. The molecule has 0 aliphatic heterocycles. The third kappa shape index (κ3) is 2.33. The maximum atomic E-state index is 10.6. The molecule has 0 saturated carbocycles. The summed E-state index contributed by atoms with van der Waals surface area (Å²) in [6.07, 6.45) is 1.78. The lowest BCUT2D eigenvalue weighted by atomic mass is 10.00. The van der Waals surface area contributed by atoms with Crippen molar-refractivity contribution in [1.29, 1.82) is 0 Å². The molecule has 3 heteroatoms. The van der Waals surface area contributed by atoms with E-state index in [0.29, 0.717) is 0 Å². The van der Waals surface area contributed by atoms with E-state index in [4.69, 9.17) is 4.42 Å². The highest BCUT2D eigenvalue weighted by Gasteiger charge is 2.12. The molecule has 124 valence electrons. The fourth-order valence-corrected chi connectivity index (χ4v) is 3.35. The average Bonchev–Trinajstić information content (AvgIpc) is 3.06. The zero-order valence-corrected chi connectivity index (χ0v) is 13.9. The molecule has 0 saturated heterocycles. The van der Waals surface area contributed by atoms with Crippen LogP contribution in [0.4, 0.5) is 0 Å². The number of aromatic nitrogens is 1. The maximum Gasteiger partial charge on any atom is 0.136 e. The largest absolute Gasteiger partial charge is 0.507 e. The van der Waals surface area contributed by atoms with Gasteiger partial charge in [0.25, 0.3) is 0 Å². The molecular weight excluding hydrogens is 322 g/mol. The van der Waals surface area contributed by atoms with Gasteiger partial charge in [-0.2, -0.15) is 0 Å². The van der Waals surface area contributed by atoms with Crippen LogP contribution in [0, 0.1) is 0 Å². The monoisotopic (exact) mass is 337 g/mol. The van der Waals surface area contributed by atoms with E-state index >= 15 is 0 Å². The van der Waals surface area contributed by atoms with Crippen LogP contribution in [-0.2, 0) is 0 Å². The summed E-state index contributed by atoms with van der Waals surface area (Å²) in [6.45, 7) is 0. The van der Waals surface area contributed by atoms with Crippen molar-refractivity contribution in [2.45, 2.75) is 0 Å². The van der Waals surface area contributed by atoms with Crippen LogP contribution < -0.4 is 0 Å². The number of hydrogen-bond acceptors (Lipinski definition) is 3. The van der Waals surface area contributed by atoms with Crippen molar-refractivity contribution in [3.8, 4) is 28.1 Å². The normalized spacial score (nSPS) is 11.2. The molecule has 0 aliphatic rings. The van der Waals surface area contributed by atoms with Crippen molar-refractivity contribution in [1.82, 2.24) is 4.98 Å². The highest BCUT2D eigenvalue weighted by Crippen LogP contribution is 2.38. The molecule has 0 radical (unpaired) electrons. The standard InChI is InChI=1S/C23H15NO2/c25-21-13-19-17-5-1-2-7-22(17)26-23(19)14-18(21)15-8-10-16(11-9-15)20-6-3-4-12-24-20/h1-14,25H. The second-order valence-electron chi connectivity index (χ2n) is 6.26. The lowest BCUT2D eigenvalue weighted by Gasteiger charge is -2.07. The van der Waals surface area contributed by atoms with Crippen LogP contribution in [0.2, 0.25) is 0 Å². The molecule has 5 aromatic rings. The number of rotatable bonds is 2. The molecule has 1 N–H and O–H groups in total. The van der Waals surface area contributed by atoms with Gasteiger partial charge in [-0.1, -0.05) is 48.5 Å². The van der Waals surface area contributed by atoms with Gasteiger partial charge in [-0.05, 0) is 35.9 Å². The van der Waals surface area contributed by atoms with E-state index in [1.54, 1.807) is 12.3 Å². The summed E-state index contributed by atoms with van der Waals surface area (Å²) in [5.74, 6) is 0.245. The number of phenols is 1. The Bertz CT molecular complexity index is 1220. The molecule has 0 fully saturated rings. The Morgan fingerprint density at radius 3 is 2.27 bits per heavy atom. The Hall–Kier alpha value is -3.59. The predicted molar refractivity (Wildman–Crippen MR) is 104 cm³/mol. The minimum atomic E-state index is 0.245. The summed E-state index contributed by atoms with van der Waals surface area (Å²) in [5, 5.41) is 12.5. The van der Waals surface area contributed by atoms with Gasteiger partial charge >= 0.3 is 0 Å². The van der Waals surface area contributed by atoms with Crippen molar-refractivity contribution < 1.29 is 9.52 Å². The van der Waals surface area contributed by atoms with Crippen molar-refractivity contribution in [3.05, 3.63) is 85.1 Å². The molecule has 0 amide bonds. The van der Waals surface area contributed by atoms with Gasteiger partial charge in [-0.25, -0.2) is 0 Å². The van der Waals surface area contributed by atoms with Crippen molar-refractivity contribution in [2.24, 2.45) is 0 Å². The topological polar surface area (TPSA) is 46.3 Å². The van der Waals surface area contributed by atoms with E-state index in [2.05, 4.69) is 4.98 Å². The molecule has 3 aromatic carbocycles. The summed E-state index contributed by atoms with van der Waals surface area (Å²) in [4.78, 5) is 4.37. The maximum absolute atomic E-state index is 10.6. The predicted octanol–water partition coefficient (Wildman–Crippen LogP) is 6.02. The number of hydrogen-bond donors (Lipinski definition) is 1. The number of phenolic OH excluding ortho intramolecular Hbond substituents is 1. The van der Waals surface area contributed by atoms with E-state index in [1.807, 2.05) is 72.8 Å². The van der Waals surface area contributed by atoms with Crippen LogP contribution in [0.1, 0.15) is 0 Å². The number of furan rings is 1. The van der Waals surface area contributed by atoms with Gasteiger partial charge in [-0.15, -0.1) is 0 Å². The minimum Gasteiger partial charge on any atom is -0.507 e. The van der Waals surface area contributed by atoms with Gasteiger partial charge in [-0.3, -0.25) is 4.98 Å². The van der Waals surface area contributed by atoms with Gasteiger partial charge in [0, 0.05) is 28.1 Å². The third-order valence-corrected chi connectivity index (χ3v) is 4.65. The van der Waals surface area contributed by atoms with Crippen LogP contribution in [0.5, 0.6) is 5.75 Å². The SMILES string of the molecule is Oc1cc2c(cc1-c1ccc(-c3ccccn3)cc1)oc1ccccc12. The van der Waals surface area contributed by atoms with Crippen LogP contribution in [0.25, 0.3) is 44.3 Å². The molecule has 2 heterocycles. The van der Waals surface area contributed by atoms with Gasteiger partial charge < -0.3 is 9.52 Å².